The summed E-state index contributed by atoms with van der Waals surface area (Å²) in [6, 6.07) is 0. The summed E-state index contributed by atoms with van der Waals surface area (Å²) in [5, 5.41) is 3.12. The molecule has 2 aliphatic heterocycles. The maximum atomic E-state index is 12.6. The molecule has 0 aromatic heterocycles. The standard InChI is InChI=1S/C12H25N3O3S/c1-10-7-15(8-11(2)18-10)19(16,17)14-5-4-12(9-14)6-13-3/h10-13H,4-9H2,1-3H3. The molecule has 0 aliphatic carbocycles. The number of morpholine rings is 1. The van der Waals surface area contributed by atoms with Crippen LogP contribution in [0.2, 0.25) is 0 Å². The lowest BCUT2D eigenvalue weighted by molar-refractivity contribution is -0.0453. The van der Waals surface area contributed by atoms with E-state index >= 15 is 0 Å². The summed E-state index contributed by atoms with van der Waals surface area (Å²) < 4.78 is 34.0. The third kappa shape index (κ3) is 3.46. The number of ether oxygens (including phenoxy) is 1. The number of hydrogen-bond donors (Lipinski definition) is 1. The Labute approximate surface area is 116 Å². The fourth-order valence-electron chi connectivity index (χ4n) is 2.94. The van der Waals surface area contributed by atoms with Gasteiger partial charge >= 0.3 is 0 Å². The van der Waals surface area contributed by atoms with Crippen LogP contribution in [0.15, 0.2) is 0 Å². The van der Waals surface area contributed by atoms with E-state index in [1.165, 1.54) is 0 Å². The minimum absolute atomic E-state index is 0.0331. The zero-order chi connectivity index (χ0) is 14.0. The van der Waals surface area contributed by atoms with Crippen LogP contribution in [0.5, 0.6) is 0 Å². The van der Waals surface area contributed by atoms with E-state index in [0.29, 0.717) is 32.1 Å². The Bertz CT molecular complexity index is 391. The third-order valence-electron chi connectivity index (χ3n) is 3.78. The van der Waals surface area contributed by atoms with E-state index in [4.69, 9.17) is 4.74 Å². The summed E-state index contributed by atoms with van der Waals surface area (Å²) >= 11 is 0. The van der Waals surface area contributed by atoms with Crippen molar-refractivity contribution in [2.24, 2.45) is 5.92 Å². The molecular formula is C12H25N3O3S. The van der Waals surface area contributed by atoms with Crippen molar-refractivity contribution in [3.63, 3.8) is 0 Å². The van der Waals surface area contributed by atoms with Gasteiger partial charge in [0.15, 0.2) is 0 Å². The van der Waals surface area contributed by atoms with Crippen LogP contribution >= 0.6 is 0 Å². The lowest BCUT2D eigenvalue weighted by Gasteiger charge is -2.36. The molecule has 2 rings (SSSR count). The van der Waals surface area contributed by atoms with Gasteiger partial charge in [0.25, 0.3) is 10.2 Å². The van der Waals surface area contributed by atoms with Gasteiger partial charge in [-0.1, -0.05) is 0 Å². The first-order valence-corrected chi connectivity index (χ1v) is 8.38. The average Bonchev–Trinajstić information content (AvgIpc) is 2.77. The van der Waals surface area contributed by atoms with Crippen molar-refractivity contribution in [1.82, 2.24) is 13.9 Å². The minimum Gasteiger partial charge on any atom is -0.373 e. The molecular weight excluding hydrogens is 266 g/mol. The SMILES string of the molecule is CNCC1CCN(S(=O)(=O)N2CC(C)OC(C)C2)C1. The van der Waals surface area contributed by atoms with Gasteiger partial charge in [-0.2, -0.15) is 17.0 Å². The maximum absolute atomic E-state index is 12.6. The molecule has 2 heterocycles. The van der Waals surface area contributed by atoms with E-state index in [9.17, 15) is 8.42 Å². The molecule has 2 saturated heterocycles. The highest BCUT2D eigenvalue weighted by Crippen LogP contribution is 2.23. The van der Waals surface area contributed by atoms with Crippen LogP contribution in [0.3, 0.4) is 0 Å². The van der Waals surface area contributed by atoms with Crippen LogP contribution in [0.1, 0.15) is 20.3 Å². The van der Waals surface area contributed by atoms with E-state index in [1.807, 2.05) is 20.9 Å². The largest absolute Gasteiger partial charge is 0.373 e. The predicted octanol–water partition coefficient (Wildman–Crippen LogP) is -0.118. The quantitative estimate of drug-likeness (QED) is 0.784. The van der Waals surface area contributed by atoms with Crippen molar-refractivity contribution in [2.45, 2.75) is 32.5 Å². The Balaban J connectivity index is 2.02. The van der Waals surface area contributed by atoms with E-state index in [0.717, 1.165) is 13.0 Å². The second-order valence-corrected chi connectivity index (χ2v) is 7.58. The Hall–Kier alpha value is -0.210. The Morgan fingerprint density at radius 2 is 1.79 bits per heavy atom. The Morgan fingerprint density at radius 1 is 1.16 bits per heavy atom. The molecule has 19 heavy (non-hydrogen) atoms. The third-order valence-corrected chi connectivity index (χ3v) is 5.72. The lowest BCUT2D eigenvalue weighted by atomic mass is 10.1. The fourth-order valence-corrected chi connectivity index (χ4v) is 4.80. The second kappa shape index (κ2) is 6.05. The number of nitrogens with one attached hydrogen (secondary N) is 1. The summed E-state index contributed by atoms with van der Waals surface area (Å²) in [4.78, 5) is 0. The zero-order valence-electron chi connectivity index (χ0n) is 12.0. The zero-order valence-corrected chi connectivity index (χ0v) is 12.8. The van der Waals surface area contributed by atoms with Crippen LogP contribution in [0.25, 0.3) is 0 Å². The van der Waals surface area contributed by atoms with Gasteiger partial charge in [-0.05, 0) is 39.8 Å². The number of hydrogen-bond acceptors (Lipinski definition) is 4. The van der Waals surface area contributed by atoms with Gasteiger partial charge in [0.2, 0.25) is 0 Å². The lowest BCUT2D eigenvalue weighted by Crippen LogP contribution is -2.52. The summed E-state index contributed by atoms with van der Waals surface area (Å²) in [6.45, 7) is 6.90. The van der Waals surface area contributed by atoms with Gasteiger partial charge in [-0.25, -0.2) is 0 Å². The number of nitrogens with zero attached hydrogens (tertiary/aromatic N) is 2. The smallest absolute Gasteiger partial charge is 0.282 e. The highest BCUT2D eigenvalue weighted by atomic mass is 32.2. The summed E-state index contributed by atoms with van der Waals surface area (Å²) in [7, 11) is -1.41. The number of rotatable bonds is 4. The van der Waals surface area contributed by atoms with Crippen molar-refractivity contribution >= 4 is 10.2 Å². The first kappa shape index (κ1) is 15.2. The molecule has 0 aromatic rings. The van der Waals surface area contributed by atoms with Gasteiger partial charge in [0, 0.05) is 26.2 Å². The molecule has 1 N–H and O–H groups in total. The second-order valence-electron chi connectivity index (χ2n) is 5.65. The molecule has 0 spiro atoms. The van der Waals surface area contributed by atoms with Crippen molar-refractivity contribution in [1.29, 1.82) is 0 Å². The van der Waals surface area contributed by atoms with Gasteiger partial charge in [-0.3, -0.25) is 0 Å². The predicted molar refractivity (Wildman–Crippen MR) is 74.1 cm³/mol. The molecule has 0 saturated carbocycles. The maximum Gasteiger partial charge on any atom is 0.282 e. The molecule has 0 aromatic carbocycles. The van der Waals surface area contributed by atoms with Gasteiger partial charge in [-0.15, -0.1) is 0 Å². The average molecular weight is 291 g/mol. The van der Waals surface area contributed by atoms with Crippen LogP contribution in [-0.4, -0.2) is 69.0 Å². The Kier molecular flexibility index (Phi) is 4.84. The Morgan fingerprint density at radius 3 is 2.37 bits per heavy atom. The van der Waals surface area contributed by atoms with Crippen molar-refractivity contribution in [2.75, 3.05) is 39.8 Å². The molecule has 7 heteroatoms. The molecule has 3 unspecified atom stereocenters. The van der Waals surface area contributed by atoms with Crippen molar-refractivity contribution in [3.8, 4) is 0 Å². The van der Waals surface area contributed by atoms with Gasteiger partial charge in [0.05, 0.1) is 12.2 Å². The monoisotopic (exact) mass is 291 g/mol. The molecule has 2 fully saturated rings. The molecule has 0 bridgehead atoms. The van der Waals surface area contributed by atoms with Crippen LogP contribution in [-0.2, 0) is 14.9 Å². The first-order chi connectivity index (χ1) is 8.93. The van der Waals surface area contributed by atoms with Gasteiger partial charge in [0.1, 0.15) is 0 Å². The first-order valence-electron chi connectivity index (χ1n) is 6.98. The van der Waals surface area contributed by atoms with Crippen LogP contribution in [0, 0.1) is 5.92 Å². The van der Waals surface area contributed by atoms with E-state index in [-0.39, 0.29) is 12.2 Å². The summed E-state index contributed by atoms with van der Waals surface area (Å²) in [5.74, 6) is 0.427. The molecule has 0 radical (unpaired) electrons. The van der Waals surface area contributed by atoms with Crippen LogP contribution < -0.4 is 5.32 Å². The fraction of sp³-hybridized carbons (Fsp3) is 1.00. The molecule has 2 aliphatic rings. The summed E-state index contributed by atoms with van der Waals surface area (Å²) in [5.41, 5.74) is 0. The minimum atomic E-state index is -3.32. The van der Waals surface area contributed by atoms with Crippen molar-refractivity contribution < 1.29 is 13.2 Å². The van der Waals surface area contributed by atoms with Crippen molar-refractivity contribution in [3.05, 3.63) is 0 Å². The molecule has 6 nitrogen and oxygen atoms in total. The molecule has 3 atom stereocenters. The van der Waals surface area contributed by atoms with E-state index in [1.54, 1.807) is 8.61 Å². The highest BCUT2D eigenvalue weighted by Gasteiger charge is 2.38. The van der Waals surface area contributed by atoms with Gasteiger partial charge < -0.3 is 10.1 Å². The highest BCUT2D eigenvalue weighted by molar-refractivity contribution is 7.86. The molecule has 0 amide bonds. The van der Waals surface area contributed by atoms with E-state index in [2.05, 4.69) is 5.32 Å². The normalized spacial score (nSPS) is 34.8. The van der Waals surface area contributed by atoms with E-state index < -0.39 is 10.2 Å². The molecule has 112 valence electrons. The topological polar surface area (TPSA) is 61.9 Å². The van der Waals surface area contributed by atoms with Crippen LogP contribution in [0.4, 0.5) is 0 Å². The summed E-state index contributed by atoms with van der Waals surface area (Å²) in [6.07, 6.45) is 0.874.